The average Bonchev–Trinajstić information content (AvgIpc) is 2.05. The molecule has 0 aromatic carbocycles. The summed E-state index contributed by atoms with van der Waals surface area (Å²) in [5.74, 6) is -6.41. The Labute approximate surface area is 74.3 Å². The third-order valence-electron chi connectivity index (χ3n) is 3.69. The van der Waals surface area contributed by atoms with Gasteiger partial charge in [0.05, 0.1) is 5.41 Å². The van der Waals surface area contributed by atoms with Gasteiger partial charge < -0.3 is 0 Å². The van der Waals surface area contributed by atoms with Crippen LogP contribution in [0.25, 0.3) is 0 Å². The van der Waals surface area contributed by atoms with Crippen LogP contribution < -0.4 is 0 Å². The lowest BCUT2D eigenvalue weighted by molar-refractivity contribution is -0.225. The van der Waals surface area contributed by atoms with Crippen LogP contribution in [-0.4, -0.2) is 11.8 Å². The van der Waals surface area contributed by atoms with Crippen molar-refractivity contribution >= 4 is 0 Å². The molecule has 2 fully saturated rings. The fourth-order valence-electron chi connectivity index (χ4n) is 3.03. The van der Waals surface area contributed by atoms with Crippen LogP contribution in [0.1, 0.15) is 33.1 Å². The first-order chi connectivity index (χ1) is 5.62. The molecule has 2 aliphatic rings. The molecule has 0 spiro atoms. The van der Waals surface area contributed by atoms with Gasteiger partial charge in [-0.15, -0.1) is 0 Å². The molecule has 4 heteroatoms. The van der Waals surface area contributed by atoms with Crippen molar-refractivity contribution in [2.24, 2.45) is 10.8 Å². The molecule has 13 heavy (non-hydrogen) atoms. The number of hydrogen-bond acceptors (Lipinski definition) is 0. The molecule has 76 valence electrons. The first-order valence-electron chi connectivity index (χ1n) is 4.38. The number of alkyl halides is 4. The molecule has 2 aliphatic carbocycles. The quantitative estimate of drug-likeness (QED) is 0.520. The zero-order valence-corrected chi connectivity index (χ0v) is 7.63. The van der Waals surface area contributed by atoms with E-state index in [1.165, 1.54) is 6.92 Å². The number of rotatable bonds is 0. The molecule has 2 bridgehead atoms. The Morgan fingerprint density at radius 2 is 1.15 bits per heavy atom. The normalized spacial score (nSPS) is 51.2. The molecule has 0 aliphatic heterocycles. The molecule has 0 N–H and O–H groups in total. The van der Waals surface area contributed by atoms with E-state index in [9.17, 15) is 17.6 Å². The van der Waals surface area contributed by atoms with Gasteiger partial charge in [0.2, 0.25) is 0 Å². The largest absolute Gasteiger partial charge is 0.259 e. The first-order valence-corrected chi connectivity index (χ1v) is 4.38. The number of hydrogen-bond donors (Lipinski definition) is 0. The van der Waals surface area contributed by atoms with Crippen molar-refractivity contribution in [2.45, 2.75) is 45.0 Å². The fourth-order valence-corrected chi connectivity index (χ4v) is 3.03. The van der Waals surface area contributed by atoms with Gasteiger partial charge >= 0.3 is 0 Å². The van der Waals surface area contributed by atoms with Gasteiger partial charge in [0.25, 0.3) is 11.8 Å². The zero-order chi connectivity index (χ0) is 10.1. The Kier molecular flexibility index (Phi) is 1.35. The predicted molar refractivity (Wildman–Crippen MR) is 40.0 cm³/mol. The summed E-state index contributed by atoms with van der Waals surface area (Å²) in [5, 5.41) is 0. The molecule has 0 nitrogen and oxygen atoms in total. The second-order valence-corrected chi connectivity index (χ2v) is 5.08. The predicted octanol–water partition coefficient (Wildman–Crippen LogP) is 3.47. The Balaban J connectivity index is 2.49. The third-order valence-corrected chi connectivity index (χ3v) is 3.69. The molecule has 0 atom stereocenters. The van der Waals surface area contributed by atoms with Crippen molar-refractivity contribution in [3.8, 4) is 0 Å². The molecule has 0 unspecified atom stereocenters. The highest BCUT2D eigenvalue weighted by atomic mass is 19.3. The Bertz CT molecular complexity index is 238. The van der Waals surface area contributed by atoms with Crippen LogP contribution in [0.2, 0.25) is 0 Å². The molecule has 0 amide bonds. The number of halogens is 4. The topological polar surface area (TPSA) is 0 Å². The van der Waals surface area contributed by atoms with Crippen molar-refractivity contribution in [1.29, 1.82) is 0 Å². The molecule has 0 aromatic rings. The summed E-state index contributed by atoms with van der Waals surface area (Å²) >= 11 is 0. The van der Waals surface area contributed by atoms with Crippen molar-refractivity contribution < 1.29 is 17.6 Å². The highest BCUT2D eigenvalue weighted by Gasteiger charge is 2.78. The van der Waals surface area contributed by atoms with Gasteiger partial charge in [0, 0.05) is 12.8 Å². The van der Waals surface area contributed by atoms with E-state index in [-0.39, 0.29) is 19.3 Å². The highest BCUT2D eigenvalue weighted by molar-refractivity contribution is 5.17. The maximum atomic E-state index is 13.3. The Hall–Kier alpha value is -0.280. The van der Waals surface area contributed by atoms with E-state index >= 15 is 0 Å². The lowest BCUT2D eigenvalue weighted by atomic mass is 9.77. The van der Waals surface area contributed by atoms with Gasteiger partial charge in [0.15, 0.2) is 0 Å². The summed E-state index contributed by atoms with van der Waals surface area (Å²) in [6.45, 7) is 2.55. The summed E-state index contributed by atoms with van der Waals surface area (Å²) < 4.78 is 53.1. The van der Waals surface area contributed by atoms with Gasteiger partial charge in [0.1, 0.15) is 0 Å². The number of fused-ring (bicyclic) bond motifs is 2. The summed E-state index contributed by atoms with van der Waals surface area (Å²) in [7, 11) is 0. The van der Waals surface area contributed by atoms with Crippen molar-refractivity contribution in [2.75, 3.05) is 0 Å². The van der Waals surface area contributed by atoms with E-state index in [0.29, 0.717) is 0 Å². The van der Waals surface area contributed by atoms with Gasteiger partial charge in [-0.25, -0.2) is 17.6 Å². The molecule has 0 aromatic heterocycles. The molecule has 0 radical (unpaired) electrons. The van der Waals surface area contributed by atoms with Crippen LogP contribution in [-0.2, 0) is 0 Å². The average molecular weight is 196 g/mol. The monoisotopic (exact) mass is 196 g/mol. The minimum absolute atomic E-state index is 0.0556. The lowest BCUT2D eigenvalue weighted by Gasteiger charge is -2.38. The minimum Gasteiger partial charge on any atom is -0.206 e. The van der Waals surface area contributed by atoms with Crippen LogP contribution >= 0.6 is 0 Å². The Morgan fingerprint density at radius 3 is 1.31 bits per heavy atom. The van der Waals surface area contributed by atoms with Gasteiger partial charge in [-0.2, -0.15) is 0 Å². The van der Waals surface area contributed by atoms with Gasteiger partial charge in [-0.1, -0.05) is 6.92 Å². The van der Waals surface area contributed by atoms with Gasteiger partial charge in [-0.05, 0) is 18.8 Å². The van der Waals surface area contributed by atoms with E-state index in [2.05, 4.69) is 0 Å². The lowest BCUT2D eigenvalue weighted by Crippen LogP contribution is -2.49. The molecule has 2 rings (SSSR count). The minimum atomic E-state index is -3.20. The maximum Gasteiger partial charge on any atom is 0.259 e. The third kappa shape index (κ3) is 0.868. The van der Waals surface area contributed by atoms with Crippen molar-refractivity contribution in [3.63, 3.8) is 0 Å². The van der Waals surface area contributed by atoms with E-state index in [1.54, 1.807) is 0 Å². The maximum absolute atomic E-state index is 13.3. The molecular formula is C9H12F4. The molecule has 0 saturated heterocycles. The van der Waals surface area contributed by atoms with Crippen LogP contribution in [0.15, 0.2) is 0 Å². The first kappa shape index (κ1) is 9.28. The van der Waals surface area contributed by atoms with E-state index in [1.807, 2.05) is 0 Å². The zero-order valence-electron chi connectivity index (χ0n) is 7.63. The van der Waals surface area contributed by atoms with Gasteiger partial charge in [-0.3, -0.25) is 0 Å². The van der Waals surface area contributed by atoms with Crippen molar-refractivity contribution in [1.82, 2.24) is 0 Å². The Morgan fingerprint density at radius 1 is 0.769 bits per heavy atom. The van der Waals surface area contributed by atoms with Crippen LogP contribution in [0.3, 0.4) is 0 Å². The summed E-state index contributed by atoms with van der Waals surface area (Å²) in [4.78, 5) is 0. The second kappa shape index (κ2) is 1.89. The van der Waals surface area contributed by atoms with Crippen molar-refractivity contribution in [3.05, 3.63) is 0 Å². The van der Waals surface area contributed by atoms with E-state index in [0.717, 1.165) is 6.92 Å². The molecule has 0 heterocycles. The fraction of sp³-hybridized carbons (Fsp3) is 1.00. The SMILES string of the molecule is CC12CC(F)(F)C(C)(C1)C(F)(F)C2. The van der Waals surface area contributed by atoms with Crippen LogP contribution in [0, 0.1) is 10.8 Å². The van der Waals surface area contributed by atoms with Crippen LogP contribution in [0.5, 0.6) is 0 Å². The standard InChI is InChI=1S/C9H12F4/c1-6-3-7(2,8(10,11)4-6)9(12,13)5-6/h3-5H2,1-2H3. The summed E-state index contributed by atoms with van der Waals surface area (Å²) in [6, 6.07) is 0. The smallest absolute Gasteiger partial charge is 0.206 e. The molecule has 2 saturated carbocycles. The highest BCUT2D eigenvalue weighted by Crippen LogP contribution is 2.73. The summed E-state index contributed by atoms with van der Waals surface area (Å²) in [5.41, 5.74) is -2.96. The van der Waals surface area contributed by atoms with E-state index < -0.39 is 22.7 Å². The molecular weight excluding hydrogens is 184 g/mol. The summed E-state index contributed by atoms with van der Waals surface area (Å²) in [6.07, 6.45) is -0.821. The van der Waals surface area contributed by atoms with E-state index in [4.69, 9.17) is 0 Å². The second-order valence-electron chi connectivity index (χ2n) is 5.08. The van der Waals surface area contributed by atoms with Crippen LogP contribution in [0.4, 0.5) is 17.6 Å².